The lowest BCUT2D eigenvalue weighted by atomic mass is 10.2. The van der Waals surface area contributed by atoms with Crippen molar-refractivity contribution in [3.63, 3.8) is 0 Å². The minimum Gasteiger partial charge on any atom is -0.372 e. The molecule has 2 amide bonds. The number of rotatable bonds is 4. The number of benzene rings is 1. The van der Waals surface area contributed by atoms with Gasteiger partial charge in [-0.25, -0.2) is 4.79 Å². The van der Waals surface area contributed by atoms with Crippen molar-refractivity contribution < 1.29 is 9.53 Å². The number of carbonyl (C=O) groups is 1. The van der Waals surface area contributed by atoms with E-state index in [0.29, 0.717) is 0 Å². The number of amides is 2. The SMILES string of the molecule is CC[C@H](C)N(C)C(=O)Nc1ccc(N2C[C@@H](C)O[C@H](C)C2)cc1. The molecule has 1 fully saturated rings. The van der Waals surface area contributed by atoms with Crippen molar-refractivity contribution in [1.82, 2.24) is 4.90 Å². The van der Waals surface area contributed by atoms with E-state index in [9.17, 15) is 4.79 Å². The fraction of sp³-hybridized carbons (Fsp3) is 0.611. The highest BCUT2D eigenvalue weighted by Crippen LogP contribution is 2.22. The van der Waals surface area contributed by atoms with Gasteiger partial charge in [0.15, 0.2) is 0 Å². The Kier molecular flexibility index (Phi) is 5.88. The predicted molar refractivity (Wildman–Crippen MR) is 95.2 cm³/mol. The van der Waals surface area contributed by atoms with E-state index in [2.05, 4.69) is 43.1 Å². The van der Waals surface area contributed by atoms with Crippen LogP contribution in [0.3, 0.4) is 0 Å². The number of nitrogens with zero attached hydrogens (tertiary/aromatic N) is 2. The summed E-state index contributed by atoms with van der Waals surface area (Å²) in [5.74, 6) is 0. The highest BCUT2D eigenvalue weighted by molar-refractivity contribution is 5.89. The van der Waals surface area contributed by atoms with Crippen LogP contribution in [0.25, 0.3) is 0 Å². The quantitative estimate of drug-likeness (QED) is 0.923. The molecule has 0 aliphatic carbocycles. The van der Waals surface area contributed by atoms with E-state index in [1.807, 2.05) is 26.1 Å². The van der Waals surface area contributed by atoms with Crippen LogP contribution in [0.1, 0.15) is 34.1 Å². The second-order valence-electron chi connectivity index (χ2n) is 6.51. The fourth-order valence-corrected chi connectivity index (χ4v) is 2.83. The molecule has 0 unspecified atom stereocenters. The van der Waals surface area contributed by atoms with Gasteiger partial charge >= 0.3 is 6.03 Å². The standard InChI is InChI=1S/C18H29N3O2/c1-6-13(2)20(5)18(22)19-16-7-9-17(10-8-16)21-11-14(3)23-15(4)12-21/h7-10,13-15H,6,11-12H2,1-5H3,(H,19,22)/t13-,14+,15+/m0/s1. The van der Waals surface area contributed by atoms with Crippen molar-refractivity contribution in [2.24, 2.45) is 0 Å². The largest absolute Gasteiger partial charge is 0.372 e. The summed E-state index contributed by atoms with van der Waals surface area (Å²) in [5.41, 5.74) is 1.99. The number of hydrogen-bond acceptors (Lipinski definition) is 3. The van der Waals surface area contributed by atoms with E-state index in [1.54, 1.807) is 4.90 Å². The summed E-state index contributed by atoms with van der Waals surface area (Å²) in [6.45, 7) is 10.1. The van der Waals surface area contributed by atoms with Crippen LogP contribution < -0.4 is 10.2 Å². The van der Waals surface area contributed by atoms with Gasteiger partial charge in [0, 0.05) is 37.6 Å². The molecule has 0 aromatic heterocycles. The molecule has 1 N–H and O–H groups in total. The second-order valence-corrected chi connectivity index (χ2v) is 6.51. The highest BCUT2D eigenvalue weighted by Gasteiger charge is 2.22. The van der Waals surface area contributed by atoms with Crippen LogP contribution in [0.2, 0.25) is 0 Å². The average molecular weight is 319 g/mol. The monoisotopic (exact) mass is 319 g/mol. The number of nitrogens with one attached hydrogen (secondary N) is 1. The number of urea groups is 1. The molecular formula is C18H29N3O2. The maximum Gasteiger partial charge on any atom is 0.321 e. The van der Waals surface area contributed by atoms with Crippen LogP contribution in [0.15, 0.2) is 24.3 Å². The zero-order valence-corrected chi connectivity index (χ0v) is 14.9. The Bertz CT molecular complexity index is 508. The Labute approximate surface area is 139 Å². The highest BCUT2D eigenvalue weighted by atomic mass is 16.5. The van der Waals surface area contributed by atoms with Gasteiger partial charge in [-0.15, -0.1) is 0 Å². The summed E-state index contributed by atoms with van der Waals surface area (Å²) in [4.78, 5) is 16.2. The molecule has 1 heterocycles. The molecule has 0 spiro atoms. The molecular weight excluding hydrogens is 290 g/mol. The molecule has 0 bridgehead atoms. The molecule has 3 atom stereocenters. The first-order chi connectivity index (χ1) is 10.9. The maximum atomic E-state index is 12.2. The van der Waals surface area contributed by atoms with Gasteiger partial charge in [-0.1, -0.05) is 6.92 Å². The van der Waals surface area contributed by atoms with Crippen molar-refractivity contribution in [2.45, 2.75) is 52.4 Å². The Hall–Kier alpha value is -1.75. The topological polar surface area (TPSA) is 44.8 Å². The Balaban J connectivity index is 1.98. The number of carbonyl (C=O) groups excluding carboxylic acids is 1. The van der Waals surface area contributed by atoms with Crippen LogP contribution in [-0.2, 0) is 4.74 Å². The zero-order valence-electron chi connectivity index (χ0n) is 14.9. The first-order valence-electron chi connectivity index (χ1n) is 8.45. The van der Waals surface area contributed by atoms with Gasteiger partial charge in [-0.2, -0.15) is 0 Å². The van der Waals surface area contributed by atoms with Gasteiger partial charge in [0.05, 0.1) is 12.2 Å². The van der Waals surface area contributed by atoms with Crippen LogP contribution in [0.4, 0.5) is 16.2 Å². The van der Waals surface area contributed by atoms with Crippen LogP contribution in [0.5, 0.6) is 0 Å². The molecule has 2 rings (SSSR count). The Morgan fingerprint density at radius 2 is 1.87 bits per heavy atom. The lowest BCUT2D eigenvalue weighted by Gasteiger charge is -2.36. The van der Waals surface area contributed by atoms with Gasteiger partial charge in [0.1, 0.15) is 0 Å². The molecule has 23 heavy (non-hydrogen) atoms. The zero-order chi connectivity index (χ0) is 17.0. The van der Waals surface area contributed by atoms with Gasteiger partial charge in [0.2, 0.25) is 0 Å². The van der Waals surface area contributed by atoms with E-state index in [0.717, 1.165) is 25.2 Å². The van der Waals surface area contributed by atoms with Gasteiger partial charge in [0.25, 0.3) is 0 Å². The summed E-state index contributed by atoms with van der Waals surface area (Å²) in [6.07, 6.45) is 1.42. The fourth-order valence-electron chi connectivity index (χ4n) is 2.83. The molecule has 0 radical (unpaired) electrons. The van der Waals surface area contributed by atoms with Crippen molar-refractivity contribution in [3.8, 4) is 0 Å². The van der Waals surface area contributed by atoms with E-state index < -0.39 is 0 Å². The lowest BCUT2D eigenvalue weighted by Crippen LogP contribution is -2.45. The number of morpholine rings is 1. The van der Waals surface area contributed by atoms with Crippen LogP contribution in [0, 0.1) is 0 Å². The van der Waals surface area contributed by atoms with E-state index in [4.69, 9.17) is 4.74 Å². The molecule has 5 nitrogen and oxygen atoms in total. The molecule has 0 saturated carbocycles. The Morgan fingerprint density at radius 3 is 2.39 bits per heavy atom. The van der Waals surface area contributed by atoms with Gasteiger partial charge in [-0.05, 0) is 51.5 Å². The predicted octanol–water partition coefficient (Wildman–Crippen LogP) is 3.56. The number of anilines is 2. The van der Waals surface area contributed by atoms with E-state index in [-0.39, 0.29) is 24.3 Å². The molecule has 1 aliphatic rings. The van der Waals surface area contributed by atoms with Crippen LogP contribution >= 0.6 is 0 Å². The molecule has 1 aliphatic heterocycles. The summed E-state index contributed by atoms with van der Waals surface area (Å²) in [5, 5.41) is 2.95. The summed E-state index contributed by atoms with van der Waals surface area (Å²) < 4.78 is 5.77. The van der Waals surface area contributed by atoms with Gasteiger partial charge in [-0.3, -0.25) is 0 Å². The first-order valence-corrected chi connectivity index (χ1v) is 8.45. The molecule has 1 aromatic carbocycles. The Morgan fingerprint density at radius 1 is 1.30 bits per heavy atom. The molecule has 128 valence electrons. The van der Waals surface area contributed by atoms with E-state index >= 15 is 0 Å². The lowest BCUT2D eigenvalue weighted by molar-refractivity contribution is -0.00521. The molecule has 1 aromatic rings. The smallest absolute Gasteiger partial charge is 0.321 e. The third-order valence-electron chi connectivity index (χ3n) is 4.48. The minimum atomic E-state index is -0.0688. The summed E-state index contributed by atoms with van der Waals surface area (Å²) >= 11 is 0. The molecule has 1 saturated heterocycles. The van der Waals surface area contributed by atoms with Crippen LogP contribution in [-0.4, -0.2) is 49.3 Å². The third kappa shape index (κ3) is 4.61. The van der Waals surface area contributed by atoms with Crippen molar-refractivity contribution in [3.05, 3.63) is 24.3 Å². The molecule has 5 heteroatoms. The van der Waals surface area contributed by atoms with Crippen molar-refractivity contribution >= 4 is 17.4 Å². The van der Waals surface area contributed by atoms with E-state index in [1.165, 1.54) is 5.69 Å². The normalized spacial score (nSPS) is 22.6. The first kappa shape index (κ1) is 17.6. The van der Waals surface area contributed by atoms with Gasteiger partial charge < -0.3 is 19.9 Å². The second kappa shape index (κ2) is 7.68. The average Bonchev–Trinajstić information content (AvgIpc) is 2.53. The minimum absolute atomic E-state index is 0.0688. The number of ether oxygens (including phenoxy) is 1. The third-order valence-corrected chi connectivity index (χ3v) is 4.48. The maximum absolute atomic E-state index is 12.2. The number of hydrogen-bond donors (Lipinski definition) is 1. The van der Waals surface area contributed by atoms with Crippen molar-refractivity contribution in [1.29, 1.82) is 0 Å². The summed E-state index contributed by atoms with van der Waals surface area (Å²) in [7, 11) is 1.83. The summed E-state index contributed by atoms with van der Waals surface area (Å²) in [6, 6.07) is 8.20. The van der Waals surface area contributed by atoms with Crippen molar-refractivity contribution in [2.75, 3.05) is 30.4 Å².